The number of rotatable bonds is 0. The fourth-order valence-electron chi connectivity index (χ4n) is 0. The van der Waals surface area contributed by atoms with Gasteiger partial charge in [-0.3, -0.25) is 0 Å². The molecular weight excluding hydrogens is 112 g/mol. The summed E-state index contributed by atoms with van der Waals surface area (Å²) in [5, 5.41) is 0.116. The SMILES string of the molecule is CN.NNC(N)=S. The number of hydrogen-bond donors (Lipinski definition) is 4. The number of hydrogen-bond acceptors (Lipinski definition) is 3. The summed E-state index contributed by atoms with van der Waals surface area (Å²) in [6, 6.07) is 0. The van der Waals surface area contributed by atoms with Gasteiger partial charge in [0.25, 0.3) is 0 Å². The number of thiocarbonyl (C=S) groups is 1. The van der Waals surface area contributed by atoms with Crippen LogP contribution in [0.4, 0.5) is 0 Å². The first-order chi connectivity index (χ1) is 3.27. The Morgan fingerprint density at radius 1 is 1.57 bits per heavy atom. The van der Waals surface area contributed by atoms with Gasteiger partial charge in [-0.25, -0.2) is 5.84 Å². The van der Waals surface area contributed by atoms with Crippen LogP contribution in [0.1, 0.15) is 0 Å². The van der Waals surface area contributed by atoms with Gasteiger partial charge in [0.1, 0.15) is 0 Å². The topological polar surface area (TPSA) is 90.1 Å². The number of nitrogens with one attached hydrogen (secondary N) is 1. The molecule has 5 heteroatoms. The fourth-order valence-corrected chi connectivity index (χ4v) is 0. The van der Waals surface area contributed by atoms with Crippen molar-refractivity contribution in [1.29, 1.82) is 0 Å². The third-order valence-corrected chi connectivity index (χ3v) is 0.260. The summed E-state index contributed by atoms with van der Waals surface area (Å²) >= 11 is 4.24. The molecule has 0 aliphatic heterocycles. The van der Waals surface area contributed by atoms with Crippen LogP contribution < -0.4 is 22.7 Å². The molecule has 0 atom stereocenters. The summed E-state index contributed by atoms with van der Waals surface area (Å²) in [6.07, 6.45) is 0. The van der Waals surface area contributed by atoms with Gasteiger partial charge in [-0.1, -0.05) is 0 Å². The van der Waals surface area contributed by atoms with Crippen LogP contribution in [0.25, 0.3) is 0 Å². The maximum Gasteiger partial charge on any atom is 0.177 e. The van der Waals surface area contributed by atoms with Crippen LogP contribution in [0.5, 0.6) is 0 Å². The van der Waals surface area contributed by atoms with Crippen molar-refractivity contribution >= 4 is 17.3 Å². The first-order valence-electron chi connectivity index (χ1n) is 1.61. The van der Waals surface area contributed by atoms with Crippen molar-refractivity contribution in [2.45, 2.75) is 0 Å². The quantitative estimate of drug-likeness (QED) is 0.174. The molecule has 0 aliphatic carbocycles. The fraction of sp³-hybridized carbons (Fsp3) is 0.500. The van der Waals surface area contributed by atoms with E-state index >= 15 is 0 Å². The van der Waals surface area contributed by atoms with Crippen molar-refractivity contribution in [3.63, 3.8) is 0 Å². The molecule has 0 aromatic carbocycles. The number of hydrazine groups is 1. The van der Waals surface area contributed by atoms with Crippen molar-refractivity contribution < 1.29 is 0 Å². The molecule has 0 aromatic heterocycles. The molecule has 7 heavy (non-hydrogen) atoms. The molecule has 7 N–H and O–H groups in total. The van der Waals surface area contributed by atoms with E-state index in [4.69, 9.17) is 5.73 Å². The van der Waals surface area contributed by atoms with Gasteiger partial charge in [-0.2, -0.15) is 0 Å². The minimum Gasteiger partial charge on any atom is -0.375 e. The summed E-state index contributed by atoms with van der Waals surface area (Å²) in [6.45, 7) is 0. The molecule has 0 aromatic rings. The molecular formula is C2H10N4S. The summed E-state index contributed by atoms with van der Waals surface area (Å²) in [5.41, 5.74) is 11.3. The molecule has 0 saturated heterocycles. The van der Waals surface area contributed by atoms with Crippen molar-refractivity contribution in [2.24, 2.45) is 17.3 Å². The molecule has 0 unspecified atom stereocenters. The van der Waals surface area contributed by atoms with Gasteiger partial charge >= 0.3 is 0 Å². The minimum atomic E-state index is 0.116. The van der Waals surface area contributed by atoms with Crippen LogP contribution in [-0.2, 0) is 0 Å². The van der Waals surface area contributed by atoms with Crippen LogP contribution >= 0.6 is 12.2 Å². The van der Waals surface area contributed by atoms with E-state index in [-0.39, 0.29) is 5.11 Å². The molecule has 0 spiro atoms. The highest BCUT2D eigenvalue weighted by atomic mass is 32.1. The third kappa shape index (κ3) is 28.2. The summed E-state index contributed by atoms with van der Waals surface area (Å²) < 4.78 is 0. The summed E-state index contributed by atoms with van der Waals surface area (Å²) in [7, 11) is 1.50. The van der Waals surface area contributed by atoms with E-state index < -0.39 is 0 Å². The molecule has 0 amide bonds. The minimum absolute atomic E-state index is 0.116. The van der Waals surface area contributed by atoms with Crippen LogP contribution in [0.15, 0.2) is 0 Å². The van der Waals surface area contributed by atoms with Crippen LogP contribution in [0.3, 0.4) is 0 Å². The van der Waals surface area contributed by atoms with Gasteiger partial charge in [-0.05, 0) is 19.3 Å². The second-order valence-electron chi connectivity index (χ2n) is 0.509. The van der Waals surface area contributed by atoms with E-state index in [1.165, 1.54) is 7.05 Å². The highest BCUT2D eigenvalue weighted by Gasteiger charge is 1.66. The first-order valence-corrected chi connectivity index (χ1v) is 2.02. The van der Waals surface area contributed by atoms with E-state index in [1.54, 1.807) is 0 Å². The zero-order chi connectivity index (χ0) is 6.28. The Balaban J connectivity index is 0. The van der Waals surface area contributed by atoms with Gasteiger partial charge < -0.3 is 16.9 Å². The lowest BCUT2D eigenvalue weighted by Crippen LogP contribution is -2.34. The summed E-state index contributed by atoms with van der Waals surface area (Å²) in [5.74, 6) is 4.66. The molecule has 0 saturated carbocycles. The van der Waals surface area contributed by atoms with Crippen LogP contribution in [0, 0.1) is 0 Å². The van der Waals surface area contributed by atoms with Crippen LogP contribution in [-0.4, -0.2) is 12.2 Å². The van der Waals surface area contributed by atoms with Gasteiger partial charge in [0, 0.05) is 0 Å². The monoisotopic (exact) mass is 122 g/mol. The Bertz CT molecular complexity index is 45.0. The molecule has 0 radical (unpaired) electrons. The van der Waals surface area contributed by atoms with Crippen molar-refractivity contribution in [3.05, 3.63) is 0 Å². The first kappa shape index (κ1) is 9.79. The van der Waals surface area contributed by atoms with Gasteiger partial charge in [0.15, 0.2) is 5.11 Å². The molecule has 0 heterocycles. The lowest BCUT2D eigenvalue weighted by atomic mass is 11.2. The van der Waals surface area contributed by atoms with E-state index in [1.807, 2.05) is 5.43 Å². The molecule has 4 nitrogen and oxygen atoms in total. The van der Waals surface area contributed by atoms with Gasteiger partial charge in [0.05, 0.1) is 0 Å². The largest absolute Gasteiger partial charge is 0.375 e. The predicted molar refractivity (Wildman–Crippen MR) is 34.2 cm³/mol. The predicted octanol–water partition coefficient (Wildman–Crippen LogP) is -1.73. The Labute approximate surface area is 48.0 Å². The average Bonchev–Trinajstić information content (AvgIpc) is 1.73. The maximum absolute atomic E-state index is 4.79. The normalized spacial score (nSPS) is 5.57. The van der Waals surface area contributed by atoms with E-state index in [0.717, 1.165) is 0 Å². The second-order valence-corrected chi connectivity index (χ2v) is 0.948. The van der Waals surface area contributed by atoms with Crippen molar-refractivity contribution in [1.82, 2.24) is 5.43 Å². The lowest BCUT2D eigenvalue weighted by molar-refractivity contribution is 1.03. The Hall–Kier alpha value is -0.390. The smallest absolute Gasteiger partial charge is 0.177 e. The molecule has 0 rings (SSSR count). The lowest BCUT2D eigenvalue weighted by Gasteiger charge is -1.85. The van der Waals surface area contributed by atoms with Crippen molar-refractivity contribution in [3.8, 4) is 0 Å². The highest BCUT2D eigenvalue weighted by molar-refractivity contribution is 7.80. The molecule has 0 bridgehead atoms. The number of nitrogens with two attached hydrogens (primary N) is 3. The van der Waals surface area contributed by atoms with E-state index in [0.29, 0.717) is 0 Å². The molecule has 44 valence electrons. The van der Waals surface area contributed by atoms with Crippen molar-refractivity contribution in [2.75, 3.05) is 7.05 Å². The Morgan fingerprint density at radius 3 is 1.71 bits per heavy atom. The van der Waals surface area contributed by atoms with E-state index in [9.17, 15) is 0 Å². The Morgan fingerprint density at radius 2 is 1.71 bits per heavy atom. The molecule has 0 aliphatic rings. The van der Waals surface area contributed by atoms with Crippen LogP contribution in [0.2, 0.25) is 0 Å². The average molecular weight is 122 g/mol. The van der Waals surface area contributed by atoms with Gasteiger partial charge in [0.2, 0.25) is 0 Å². The zero-order valence-corrected chi connectivity index (χ0v) is 4.96. The van der Waals surface area contributed by atoms with E-state index in [2.05, 4.69) is 23.8 Å². The summed E-state index contributed by atoms with van der Waals surface area (Å²) in [4.78, 5) is 0. The maximum atomic E-state index is 4.79. The zero-order valence-electron chi connectivity index (χ0n) is 4.14. The standard InChI is InChI=1S/CH5N3S.CH5N/c2-1(5)4-3;1-2/h3H2,(H3,2,4,5);2H2,1H3. The highest BCUT2D eigenvalue weighted by Crippen LogP contribution is 1.40. The second kappa shape index (κ2) is 9.15. The Kier molecular flexibility index (Phi) is 12.8. The molecule has 0 fully saturated rings. The third-order valence-electron chi connectivity index (χ3n) is 0.142. The van der Waals surface area contributed by atoms with Gasteiger partial charge in [-0.15, -0.1) is 0 Å².